The van der Waals surface area contributed by atoms with Crippen LogP contribution in [-0.2, 0) is 13.1 Å². The van der Waals surface area contributed by atoms with E-state index in [0.29, 0.717) is 6.54 Å². The van der Waals surface area contributed by atoms with Crippen molar-refractivity contribution in [1.82, 2.24) is 24.9 Å². The van der Waals surface area contributed by atoms with Gasteiger partial charge >= 0.3 is 0 Å². The molecule has 3 heterocycles. The van der Waals surface area contributed by atoms with E-state index in [4.69, 9.17) is 5.73 Å². The Morgan fingerprint density at radius 1 is 1.20 bits per heavy atom. The smallest absolute Gasteiger partial charge is 0.104 e. The first-order chi connectivity index (χ1) is 9.88. The van der Waals surface area contributed by atoms with Crippen molar-refractivity contribution in [2.24, 2.45) is 5.73 Å². The van der Waals surface area contributed by atoms with Crippen molar-refractivity contribution < 1.29 is 0 Å². The van der Waals surface area contributed by atoms with Gasteiger partial charge in [-0.15, -0.1) is 5.10 Å². The monoisotopic (exact) mass is 272 g/mol. The Labute approximate surface area is 118 Å². The largest absolute Gasteiger partial charge is 0.325 e. The Kier molecular flexibility index (Phi) is 4.03. The van der Waals surface area contributed by atoms with E-state index in [9.17, 15) is 0 Å². The van der Waals surface area contributed by atoms with Crippen molar-refractivity contribution >= 4 is 0 Å². The maximum absolute atomic E-state index is 5.77. The third-order valence-corrected chi connectivity index (χ3v) is 3.76. The van der Waals surface area contributed by atoms with E-state index in [1.54, 1.807) is 6.20 Å². The van der Waals surface area contributed by atoms with Crippen LogP contribution >= 0.6 is 0 Å². The molecule has 0 bridgehead atoms. The quantitative estimate of drug-likeness (QED) is 0.875. The van der Waals surface area contributed by atoms with Gasteiger partial charge in [0.25, 0.3) is 0 Å². The van der Waals surface area contributed by atoms with Crippen molar-refractivity contribution in [3.63, 3.8) is 0 Å². The minimum atomic E-state index is 0.397. The van der Waals surface area contributed by atoms with Crippen LogP contribution in [-0.4, -0.2) is 44.5 Å². The summed E-state index contributed by atoms with van der Waals surface area (Å²) in [6.45, 7) is 4.65. The molecule has 20 heavy (non-hydrogen) atoms. The zero-order chi connectivity index (χ0) is 13.8. The summed E-state index contributed by atoms with van der Waals surface area (Å²) in [6.07, 6.45) is 6.22. The molecule has 0 saturated carbocycles. The predicted molar refractivity (Wildman–Crippen MR) is 76.8 cm³/mol. The minimum Gasteiger partial charge on any atom is -0.325 e. The van der Waals surface area contributed by atoms with E-state index in [2.05, 4.69) is 20.2 Å². The Balaban J connectivity index is 1.81. The van der Waals surface area contributed by atoms with Crippen molar-refractivity contribution in [1.29, 1.82) is 0 Å². The fraction of sp³-hybridized carbons (Fsp3) is 0.500. The number of nitrogens with two attached hydrogens (primary N) is 1. The van der Waals surface area contributed by atoms with Gasteiger partial charge in [-0.25, -0.2) is 4.68 Å². The average molecular weight is 272 g/mol. The second kappa shape index (κ2) is 6.11. The number of hydrogen-bond acceptors (Lipinski definition) is 5. The third-order valence-electron chi connectivity index (χ3n) is 3.76. The number of nitrogens with zero attached hydrogens (tertiary/aromatic N) is 5. The molecule has 3 rings (SSSR count). The molecule has 0 unspecified atom stereocenters. The summed E-state index contributed by atoms with van der Waals surface area (Å²) < 4.78 is 1.96. The first-order valence-electron chi connectivity index (χ1n) is 7.13. The fourth-order valence-electron chi connectivity index (χ4n) is 2.70. The van der Waals surface area contributed by atoms with Crippen LogP contribution in [0, 0.1) is 0 Å². The summed E-state index contributed by atoms with van der Waals surface area (Å²) in [5, 5.41) is 8.45. The molecular formula is C14H20N6. The zero-order valence-electron chi connectivity index (χ0n) is 11.6. The number of hydrogen-bond donors (Lipinski definition) is 1. The Bertz CT molecular complexity index is 544. The lowest BCUT2D eigenvalue weighted by Crippen LogP contribution is -2.24. The van der Waals surface area contributed by atoms with E-state index in [0.717, 1.165) is 30.0 Å². The van der Waals surface area contributed by atoms with E-state index >= 15 is 0 Å². The van der Waals surface area contributed by atoms with Crippen molar-refractivity contribution in [3.8, 4) is 11.3 Å². The third kappa shape index (κ3) is 2.71. The average Bonchev–Trinajstić information content (AvgIpc) is 3.15. The van der Waals surface area contributed by atoms with Crippen molar-refractivity contribution in [3.05, 3.63) is 30.2 Å². The molecule has 2 aromatic rings. The van der Waals surface area contributed by atoms with Gasteiger partial charge in [0.05, 0.1) is 12.2 Å². The van der Waals surface area contributed by atoms with Crippen LogP contribution in [0.4, 0.5) is 0 Å². The van der Waals surface area contributed by atoms with Gasteiger partial charge in [-0.1, -0.05) is 5.21 Å². The van der Waals surface area contributed by atoms with Gasteiger partial charge in [0.15, 0.2) is 0 Å². The first kappa shape index (κ1) is 13.2. The second-order valence-corrected chi connectivity index (χ2v) is 5.10. The lowest BCUT2D eigenvalue weighted by Gasteiger charge is -2.15. The molecule has 0 aliphatic carbocycles. The lowest BCUT2D eigenvalue weighted by molar-refractivity contribution is 0.315. The summed E-state index contributed by atoms with van der Waals surface area (Å²) in [5.74, 6) is 0. The van der Waals surface area contributed by atoms with Gasteiger partial charge < -0.3 is 10.6 Å². The topological polar surface area (TPSA) is 72.9 Å². The molecule has 2 N–H and O–H groups in total. The Morgan fingerprint density at radius 3 is 2.75 bits per heavy atom. The highest BCUT2D eigenvalue weighted by Gasteiger charge is 2.16. The molecule has 1 fully saturated rings. The fourth-order valence-corrected chi connectivity index (χ4v) is 2.70. The lowest BCUT2D eigenvalue weighted by atomic mass is 10.1. The first-order valence-corrected chi connectivity index (χ1v) is 7.13. The van der Waals surface area contributed by atoms with E-state index < -0.39 is 0 Å². The number of likely N-dealkylation sites (tertiary alicyclic amines) is 1. The standard InChI is InChI=1S/C14H20N6/c15-10-13-14(12-4-3-5-16-11-12)20(18-17-13)9-8-19-6-1-2-7-19/h3-5,11H,1-2,6-10,15H2. The van der Waals surface area contributed by atoms with Crippen LogP contribution < -0.4 is 5.73 Å². The highest BCUT2D eigenvalue weighted by Crippen LogP contribution is 2.21. The highest BCUT2D eigenvalue weighted by molar-refractivity contribution is 5.60. The summed E-state index contributed by atoms with van der Waals surface area (Å²) >= 11 is 0. The molecule has 1 aliphatic heterocycles. The molecule has 1 aliphatic rings. The van der Waals surface area contributed by atoms with Gasteiger partial charge in [0, 0.05) is 31.0 Å². The molecule has 0 radical (unpaired) electrons. The SMILES string of the molecule is NCc1nnn(CCN2CCCC2)c1-c1cccnc1. The molecule has 6 heteroatoms. The highest BCUT2D eigenvalue weighted by atomic mass is 15.4. The minimum absolute atomic E-state index is 0.397. The zero-order valence-corrected chi connectivity index (χ0v) is 11.6. The van der Waals surface area contributed by atoms with Gasteiger partial charge in [-0.3, -0.25) is 4.98 Å². The van der Waals surface area contributed by atoms with Crippen LogP contribution in [0.25, 0.3) is 11.3 Å². The van der Waals surface area contributed by atoms with Crippen LogP contribution in [0.1, 0.15) is 18.5 Å². The van der Waals surface area contributed by atoms with Crippen LogP contribution in [0.15, 0.2) is 24.5 Å². The predicted octanol–water partition coefficient (Wildman–Crippen LogP) is 0.895. The summed E-state index contributed by atoms with van der Waals surface area (Å²) in [6, 6.07) is 3.95. The van der Waals surface area contributed by atoms with Gasteiger partial charge in [-0.2, -0.15) is 0 Å². The molecule has 6 nitrogen and oxygen atoms in total. The van der Waals surface area contributed by atoms with Gasteiger partial charge in [-0.05, 0) is 38.1 Å². The molecule has 0 aromatic carbocycles. The number of aromatic nitrogens is 4. The maximum atomic E-state index is 5.77. The normalized spacial score (nSPS) is 15.8. The van der Waals surface area contributed by atoms with Crippen molar-refractivity contribution in [2.75, 3.05) is 19.6 Å². The Hall–Kier alpha value is -1.79. The van der Waals surface area contributed by atoms with E-state index in [-0.39, 0.29) is 0 Å². The maximum Gasteiger partial charge on any atom is 0.104 e. The van der Waals surface area contributed by atoms with E-state index in [1.165, 1.54) is 25.9 Å². The van der Waals surface area contributed by atoms with E-state index in [1.807, 2.05) is 23.0 Å². The molecule has 0 spiro atoms. The number of rotatable bonds is 5. The molecule has 106 valence electrons. The van der Waals surface area contributed by atoms with Crippen LogP contribution in [0.5, 0.6) is 0 Å². The summed E-state index contributed by atoms with van der Waals surface area (Å²) in [5.41, 5.74) is 8.63. The Morgan fingerprint density at radius 2 is 2.05 bits per heavy atom. The molecular weight excluding hydrogens is 252 g/mol. The number of pyridine rings is 1. The summed E-state index contributed by atoms with van der Waals surface area (Å²) in [4.78, 5) is 6.64. The van der Waals surface area contributed by atoms with Crippen molar-refractivity contribution in [2.45, 2.75) is 25.9 Å². The molecule has 2 aromatic heterocycles. The molecule has 0 amide bonds. The molecule has 0 atom stereocenters. The molecule has 1 saturated heterocycles. The van der Waals surface area contributed by atoms with Gasteiger partial charge in [0.1, 0.15) is 5.69 Å². The van der Waals surface area contributed by atoms with Gasteiger partial charge in [0.2, 0.25) is 0 Å². The second-order valence-electron chi connectivity index (χ2n) is 5.10. The van der Waals surface area contributed by atoms with Crippen LogP contribution in [0.3, 0.4) is 0 Å². The summed E-state index contributed by atoms with van der Waals surface area (Å²) in [7, 11) is 0. The van der Waals surface area contributed by atoms with Crippen LogP contribution in [0.2, 0.25) is 0 Å².